The molecule has 11 aromatic rings. The van der Waals surface area contributed by atoms with E-state index in [1.165, 1.54) is 54.8 Å². The summed E-state index contributed by atoms with van der Waals surface area (Å²) < 4.78 is 7.26. The molecule has 0 radical (unpaired) electrons. The number of fused-ring (bicyclic) bond motifs is 6. The number of hydrogen-bond acceptors (Lipinski definition) is 3. The van der Waals surface area contributed by atoms with Gasteiger partial charge >= 0.3 is 0 Å². The zero-order valence-electron chi connectivity index (χ0n) is 36.1. The van der Waals surface area contributed by atoms with Crippen molar-refractivity contribution in [1.82, 2.24) is 0 Å². The molecule has 0 aliphatic carbocycles. The van der Waals surface area contributed by atoms with Crippen molar-refractivity contribution in [2.24, 2.45) is 0 Å². The van der Waals surface area contributed by atoms with Gasteiger partial charge in [-0.3, -0.25) is 0 Å². The van der Waals surface area contributed by atoms with Gasteiger partial charge in [0, 0.05) is 34.5 Å². The highest BCUT2D eigenvalue weighted by Crippen LogP contribution is 2.47. The molecule has 4 heteroatoms. The fraction of sp³-hybridized carbons (Fsp3) is 0. The summed E-state index contributed by atoms with van der Waals surface area (Å²) in [5, 5.41) is 4.77. The van der Waals surface area contributed by atoms with E-state index >= 15 is 0 Å². The molecule has 0 saturated heterocycles. The first-order valence-corrected chi connectivity index (χ1v) is 22.7. The first-order valence-electron chi connectivity index (χ1n) is 22.7. The molecule has 0 atom stereocenters. The Morgan fingerprint density at radius 1 is 0.318 bits per heavy atom. The Morgan fingerprint density at radius 2 is 0.803 bits per heavy atom. The van der Waals surface area contributed by atoms with Crippen LogP contribution >= 0.6 is 0 Å². The van der Waals surface area contributed by atoms with E-state index in [2.05, 4.69) is 259 Å². The van der Waals surface area contributed by atoms with Crippen molar-refractivity contribution in [3.05, 3.63) is 249 Å². The van der Waals surface area contributed by atoms with E-state index in [0.29, 0.717) is 0 Å². The van der Waals surface area contributed by atoms with Gasteiger partial charge in [-0.25, -0.2) is 0 Å². The minimum absolute atomic E-state index is 0.107. The molecule has 11 aromatic carbocycles. The predicted molar refractivity (Wildman–Crippen MR) is 278 cm³/mol. The van der Waals surface area contributed by atoms with E-state index in [1.54, 1.807) is 0 Å². The number of benzene rings is 11. The predicted octanol–water partition coefficient (Wildman–Crippen LogP) is 14.9. The Kier molecular flexibility index (Phi) is 8.95. The van der Waals surface area contributed by atoms with Gasteiger partial charge in [-0.2, -0.15) is 0 Å². The average Bonchev–Trinajstić information content (AvgIpc) is 3.39. The number of rotatable bonds is 7. The molecule has 0 N–H and O–H groups in total. The smallest absolute Gasteiger partial charge is 0.256 e. The molecule has 2 heterocycles. The van der Waals surface area contributed by atoms with Crippen LogP contribution in [0.1, 0.15) is 0 Å². The molecule has 66 heavy (non-hydrogen) atoms. The van der Waals surface area contributed by atoms with Gasteiger partial charge in [0.2, 0.25) is 0 Å². The molecular formula is C62H41BN2O. The van der Waals surface area contributed by atoms with E-state index in [0.717, 1.165) is 62.1 Å². The summed E-state index contributed by atoms with van der Waals surface area (Å²) in [7, 11) is 0. The van der Waals surface area contributed by atoms with Crippen LogP contribution in [0.5, 0.6) is 11.5 Å². The maximum atomic E-state index is 7.26. The van der Waals surface area contributed by atoms with Crippen LogP contribution in [0, 0.1) is 0 Å². The zero-order valence-corrected chi connectivity index (χ0v) is 36.1. The quantitative estimate of drug-likeness (QED) is 0.149. The number of anilines is 6. The Hall–Kier alpha value is -8.60. The summed E-state index contributed by atoms with van der Waals surface area (Å²) in [5.41, 5.74) is 17.1. The van der Waals surface area contributed by atoms with Gasteiger partial charge in [-0.05, 0) is 126 Å². The molecule has 2 aliphatic rings. The summed E-state index contributed by atoms with van der Waals surface area (Å²) in [5.74, 6) is 1.72. The van der Waals surface area contributed by atoms with Gasteiger partial charge in [0.1, 0.15) is 11.5 Å². The lowest BCUT2D eigenvalue weighted by molar-refractivity contribution is 0.487. The number of hydrogen-bond donors (Lipinski definition) is 0. The number of nitrogens with zero attached hydrogens (tertiary/aromatic N) is 2. The first-order chi connectivity index (χ1) is 32.7. The highest BCUT2D eigenvalue weighted by atomic mass is 16.5. The summed E-state index contributed by atoms with van der Waals surface area (Å²) in [6.45, 7) is -0.107. The van der Waals surface area contributed by atoms with Crippen LogP contribution in [0.2, 0.25) is 0 Å². The zero-order chi connectivity index (χ0) is 43.6. The highest BCUT2D eigenvalue weighted by Gasteiger charge is 2.43. The number of ether oxygens (including phenoxy) is 1. The van der Waals surface area contributed by atoms with Gasteiger partial charge in [-0.1, -0.05) is 188 Å². The minimum Gasteiger partial charge on any atom is -0.458 e. The Morgan fingerprint density at radius 3 is 1.39 bits per heavy atom. The molecule has 0 aromatic heterocycles. The van der Waals surface area contributed by atoms with Crippen LogP contribution in [0.4, 0.5) is 34.1 Å². The van der Waals surface area contributed by atoms with Crippen LogP contribution in [0.25, 0.3) is 54.9 Å². The van der Waals surface area contributed by atoms with Gasteiger partial charge in [-0.15, -0.1) is 0 Å². The van der Waals surface area contributed by atoms with E-state index in [-0.39, 0.29) is 6.71 Å². The third-order valence-corrected chi connectivity index (χ3v) is 13.4. The SMILES string of the molecule is c1ccc(-c2ccc(N3c4ccc(-c5ccccc5)cc4B4c5cc(-c6ccccc6)ccc5Oc5cc(N(c6ccc7ccccc7c6)c6ccc7ccccc7c6)cc3c54)cc2)cc1. The monoisotopic (exact) mass is 840 g/mol. The maximum Gasteiger partial charge on any atom is 0.256 e. The summed E-state index contributed by atoms with van der Waals surface area (Å²) in [6.07, 6.45) is 0. The average molecular weight is 841 g/mol. The van der Waals surface area contributed by atoms with Crippen molar-refractivity contribution in [3.63, 3.8) is 0 Å². The largest absolute Gasteiger partial charge is 0.458 e. The van der Waals surface area contributed by atoms with Crippen molar-refractivity contribution in [2.45, 2.75) is 0 Å². The molecule has 2 aliphatic heterocycles. The molecule has 0 spiro atoms. The van der Waals surface area contributed by atoms with Crippen LogP contribution in [0.15, 0.2) is 249 Å². The second kappa shape index (κ2) is 15.6. The minimum atomic E-state index is -0.107. The molecule has 0 bridgehead atoms. The first kappa shape index (κ1) is 37.9. The molecule has 0 fully saturated rings. The fourth-order valence-corrected chi connectivity index (χ4v) is 10.3. The highest BCUT2D eigenvalue weighted by molar-refractivity contribution is 6.99. The third-order valence-electron chi connectivity index (χ3n) is 13.4. The van der Waals surface area contributed by atoms with Gasteiger partial charge in [0.15, 0.2) is 0 Å². The van der Waals surface area contributed by atoms with E-state index in [9.17, 15) is 0 Å². The molecule has 308 valence electrons. The van der Waals surface area contributed by atoms with E-state index < -0.39 is 0 Å². The molecule has 0 amide bonds. The Labute approximate surface area is 385 Å². The lowest BCUT2D eigenvalue weighted by atomic mass is 9.34. The second-order valence-electron chi connectivity index (χ2n) is 17.3. The normalized spacial score (nSPS) is 12.3. The fourth-order valence-electron chi connectivity index (χ4n) is 10.3. The lowest BCUT2D eigenvalue weighted by Crippen LogP contribution is -2.59. The topological polar surface area (TPSA) is 15.7 Å². The molecule has 0 saturated carbocycles. The Balaban J connectivity index is 1.08. The summed E-state index contributed by atoms with van der Waals surface area (Å²) in [6, 6.07) is 90.3. The van der Waals surface area contributed by atoms with Crippen molar-refractivity contribution >= 4 is 78.8 Å². The van der Waals surface area contributed by atoms with Crippen molar-refractivity contribution in [3.8, 4) is 44.9 Å². The van der Waals surface area contributed by atoms with E-state index in [4.69, 9.17) is 4.74 Å². The summed E-state index contributed by atoms with van der Waals surface area (Å²) in [4.78, 5) is 4.86. The van der Waals surface area contributed by atoms with Crippen LogP contribution in [-0.2, 0) is 0 Å². The molecular weight excluding hydrogens is 800 g/mol. The van der Waals surface area contributed by atoms with Crippen molar-refractivity contribution in [1.29, 1.82) is 0 Å². The molecule has 13 rings (SSSR count). The molecule has 3 nitrogen and oxygen atoms in total. The van der Waals surface area contributed by atoms with Crippen LogP contribution in [-0.4, -0.2) is 6.71 Å². The summed E-state index contributed by atoms with van der Waals surface area (Å²) >= 11 is 0. The van der Waals surface area contributed by atoms with Gasteiger partial charge in [0.05, 0.1) is 5.69 Å². The van der Waals surface area contributed by atoms with Crippen LogP contribution < -0.4 is 30.9 Å². The Bertz CT molecular complexity index is 3550. The third kappa shape index (κ3) is 6.45. The molecule has 0 unspecified atom stereocenters. The standard InChI is InChI=1S/C62H41BN2O/c1-4-14-42(15-5-1)47-24-30-52(31-25-47)65-58-34-28-50(43-16-6-2-7-17-43)38-56(58)63-57-39-51(44-18-8-3-9-19-44)29-35-60(57)66-61-41-55(40-59(65)62(61)63)64(53-32-26-45-20-10-12-22-48(45)36-53)54-33-27-46-21-11-13-23-49(46)37-54/h1-41H. The van der Waals surface area contributed by atoms with E-state index in [1.807, 2.05) is 0 Å². The lowest BCUT2D eigenvalue weighted by Gasteiger charge is -2.41. The van der Waals surface area contributed by atoms with Gasteiger partial charge in [0.25, 0.3) is 6.71 Å². The van der Waals surface area contributed by atoms with Crippen molar-refractivity contribution < 1.29 is 4.74 Å². The van der Waals surface area contributed by atoms with Crippen molar-refractivity contribution in [2.75, 3.05) is 9.80 Å². The maximum absolute atomic E-state index is 7.26. The van der Waals surface area contributed by atoms with Gasteiger partial charge < -0.3 is 14.5 Å². The van der Waals surface area contributed by atoms with Crippen LogP contribution in [0.3, 0.4) is 0 Å². The second-order valence-corrected chi connectivity index (χ2v) is 17.3.